The number of amides is 2. The number of carbonyl (C=O) groups excluding carboxylic acids is 2. The number of hydrogen-bond donors (Lipinski definition) is 0. The maximum absolute atomic E-state index is 12.4. The molecule has 0 aromatic carbocycles. The summed E-state index contributed by atoms with van der Waals surface area (Å²) in [6, 6.07) is 9.93. The first-order chi connectivity index (χ1) is 13.2. The van der Waals surface area contributed by atoms with Crippen LogP contribution in [0.1, 0.15) is 17.7 Å². The lowest BCUT2D eigenvalue weighted by atomic mass is 10.3. The highest BCUT2D eigenvalue weighted by atomic mass is 32.2. The number of imidazole rings is 1. The van der Waals surface area contributed by atoms with Crippen LogP contribution < -0.4 is 0 Å². The van der Waals surface area contributed by atoms with Crippen LogP contribution in [0.25, 0.3) is 11.7 Å². The quantitative estimate of drug-likeness (QED) is 0.309. The zero-order valence-electron chi connectivity index (χ0n) is 14.4. The lowest BCUT2D eigenvalue weighted by Crippen LogP contribution is -2.29. The predicted octanol–water partition coefficient (Wildman–Crippen LogP) is 5.00. The van der Waals surface area contributed by atoms with Gasteiger partial charge in [0.05, 0.1) is 9.93 Å². The van der Waals surface area contributed by atoms with E-state index in [1.807, 2.05) is 35.8 Å². The normalized spacial score (nSPS) is 16.1. The van der Waals surface area contributed by atoms with Crippen molar-refractivity contribution in [2.24, 2.45) is 0 Å². The molecule has 27 heavy (non-hydrogen) atoms. The molecule has 2 amide bonds. The Hall–Kier alpha value is -2.03. The Kier molecular flexibility index (Phi) is 5.66. The number of pyridine rings is 1. The van der Waals surface area contributed by atoms with Crippen molar-refractivity contribution < 1.29 is 9.59 Å². The maximum atomic E-state index is 12.4. The molecule has 0 atom stereocenters. The number of thioether (sulfide) groups is 2. The average Bonchev–Trinajstić information content (AvgIpc) is 3.39. The molecule has 0 N–H and O–H groups in total. The molecule has 5 nitrogen and oxygen atoms in total. The second-order valence-electron chi connectivity index (χ2n) is 5.92. The van der Waals surface area contributed by atoms with E-state index in [0.717, 1.165) is 45.9 Å². The Balaban J connectivity index is 1.27. The number of carbonyl (C=O) groups is 2. The molecule has 4 rings (SSSR count). The molecule has 0 aliphatic carbocycles. The fraction of sp³-hybridized carbons (Fsp3) is 0.211. The van der Waals surface area contributed by atoms with Gasteiger partial charge in [-0.25, -0.2) is 4.98 Å². The molecule has 0 bridgehead atoms. The Morgan fingerprint density at radius 2 is 2.07 bits per heavy atom. The summed E-state index contributed by atoms with van der Waals surface area (Å²) in [5.74, 6) is 0.757. The maximum Gasteiger partial charge on any atom is 0.293 e. The molecule has 0 unspecified atom stereocenters. The number of rotatable bonds is 7. The molecule has 1 aliphatic heterocycles. The van der Waals surface area contributed by atoms with Crippen LogP contribution >= 0.6 is 34.9 Å². The average molecular weight is 416 g/mol. The van der Waals surface area contributed by atoms with Crippen LogP contribution in [-0.2, 0) is 4.79 Å². The van der Waals surface area contributed by atoms with Crippen molar-refractivity contribution >= 4 is 57.7 Å². The molecule has 1 saturated heterocycles. The fourth-order valence-corrected chi connectivity index (χ4v) is 5.40. The first kappa shape index (κ1) is 18.3. The molecule has 138 valence electrons. The van der Waals surface area contributed by atoms with Crippen molar-refractivity contribution in [3.05, 3.63) is 57.9 Å². The number of nitrogens with zero attached hydrogens (tertiary/aromatic N) is 3. The van der Waals surface area contributed by atoms with Gasteiger partial charge in [0.15, 0.2) is 0 Å². The van der Waals surface area contributed by atoms with E-state index >= 15 is 0 Å². The molecule has 3 aromatic heterocycles. The van der Waals surface area contributed by atoms with Crippen molar-refractivity contribution in [1.82, 2.24) is 14.3 Å². The van der Waals surface area contributed by atoms with E-state index in [1.54, 1.807) is 35.4 Å². The Labute approximate surface area is 169 Å². The van der Waals surface area contributed by atoms with Gasteiger partial charge >= 0.3 is 0 Å². The molecule has 3 aromatic rings. The monoisotopic (exact) mass is 415 g/mol. The molecule has 0 radical (unpaired) electrons. The summed E-state index contributed by atoms with van der Waals surface area (Å²) >= 11 is 4.35. The first-order valence-corrected chi connectivity index (χ1v) is 11.2. The summed E-state index contributed by atoms with van der Waals surface area (Å²) in [7, 11) is 0. The first-order valence-electron chi connectivity index (χ1n) is 8.56. The third-order valence-electron chi connectivity index (χ3n) is 4.11. The van der Waals surface area contributed by atoms with Gasteiger partial charge < -0.3 is 0 Å². The molecule has 0 saturated carbocycles. The third kappa shape index (κ3) is 4.12. The van der Waals surface area contributed by atoms with Crippen LogP contribution in [0.3, 0.4) is 0 Å². The lowest BCUT2D eigenvalue weighted by molar-refractivity contribution is -0.122. The zero-order valence-corrected chi connectivity index (χ0v) is 16.9. The van der Waals surface area contributed by atoms with E-state index < -0.39 is 0 Å². The van der Waals surface area contributed by atoms with E-state index in [-0.39, 0.29) is 11.1 Å². The molecule has 4 heterocycles. The van der Waals surface area contributed by atoms with Crippen LogP contribution in [-0.4, -0.2) is 37.7 Å². The summed E-state index contributed by atoms with van der Waals surface area (Å²) in [4.78, 5) is 31.8. The van der Waals surface area contributed by atoms with Gasteiger partial charge in [-0.2, -0.15) is 0 Å². The van der Waals surface area contributed by atoms with Crippen LogP contribution in [0.15, 0.2) is 58.0 Å². The highest BCUT2D eigenvalue weighted by molar-refractivity contribution is 8.18. The van der Waals surface area contributed by atoms with E-state index in [1.165, 1.54) is 4.90 Å². The highest BCUT2D eigenvalue weighted by Gasteiger charge is 2.34. The molecule has 1 fully saturated rings. The van der Waals surface area contributed by atoms with Gasteiger partial charge in [-0.15, -0.1) is 23.1 Å². The van der Waals surface area contributed by atoms with Crippen LogP contribution in [0, 0.1) is 0 Å². The minimum absolute atomic E-state index is 0.168. The molecular weight excluding hydrogens is 398 g/mol. The smallest absolute Gasteiger partial charge is 0.293 e. The van der Waals surface area contributed by atoms with Crippen LogP contribution in [0.5, 0.6) is 0 Å². The van der Waals surface area contributed by atoms with Crippen molar-refractivity contribution in [3.63, 3.8) is 0 Å². The molecular formula is C19H17N3O2S3. The van der Waals surface area contributed by atoms with E-state index in [4.69, 9.17) is 0 Å². The van der Waals surface area contributed by atoms with E-state index in [9.17, 15) is 9.59 Å². The van der Waals surface area contributed by atoms with E-state index in [2.05, 4.69) is 15.5 Å². The number of thiophene rings is 1. The summed E-state index contributed by atoms with van der Waals surface area (Å²) in [5.41, 5.74) is 0.940. The SMILES string of the molecule is O=C1S/C(=C\c2cccs2)C(=O)N1CCCCSc1cccc2nccn12. The zero-order chi connectivity index (χ0) is 18.6. The second kappa shape index (κ2) is 8.33. The Morgan fingerprint density at radius 1 is 1.15 bits per heavy atom. The van der Waals surface area contributed by atoms with E-state index in [0.29, 0.717) is 11.4 Å². The standard InChI is InChI=1S/C19H17N3O2S3/c23-18-15(13-14-5-4-12-25-14)27-19(24)22(18)9-1-2-11-26-17-7-3-6-16-20-8-10-21(16)17/h3-8,10,12-13H,1-2,9,11H2/b15-13-. The summed E-state index contributed by atoms with van der Waals surface area (Å²) in [5, 5.41) is 2.94. The molecule has 8 heteroatoms. The van der Waals surface area contributed by atoms with Crippen molar-refractivity contribution in [2.75, 3.05) is 12.3 Å². The minimum Gasteiger partial charge on any atom is -0.294 e. The summed E-state index contributed by atoms with van der Waals surface area (Å²) in [6.45, 7) is 0.474. The summed E-state index contributed by atoms with van der Waals surface area (Å²) in [6.07, 6.45) is 7.29. The number of hydrogen-bond acceptors (Lipinski definition) is 6. The van der Waals surface area contributed by atoms with Gasteiger partial charge in [0.1, 0.15) is 5.65 Å². The van der Waals surface area contributed by atoms with Crippen LogP contribution in [0.4, 0.5) is 4.79 Å². The van der Waals surface area contributed by atoms with Gasteiger partial charge in [-0.3, -0.25) is 18.9 Å². The van der Waals surface area contributed by atoms with Gasteiger partial charge in [0.2, 0.25) is 0 Å². The topological polar surface area (TPSA) is 54.7 Å². The fourth-order valence-electron chi connectivity index (χ4n) is 2.78. The van der Waals surface area contributed by atoms with Crippen molar-refractivity contribution in [1.29, 1.82) is 0 Å². The highest BCUT2D eigenvalue weighted by Crippen LogP contribution is 2.33. The predicted molar refractivity (Wildman–Crippen MR) is 112 cm³/mol. The van der Waals surface area contributed by atoms with Crippen molar-refractivity contribution in [2.45, 2.75) is 17.9 Å². The Morgan fingerprint density at radius 3 is 2.93 bits per heavy atom. The Bertz CT molecular complexity index is 995. The van der Waals surface area contributed by atoms with Gasteiger partial charge in [0, 0.05) is 23.8 Å². The molecule has 1 aliphatic rings. The third-order valence-corrected chi connectivity index (χ3v) is 6.96. The lowest BCUT2D eigenvalue weighted by Gasteiger charge is -2.12. The number of fused-ring (bicyclic) bond motifs is 1. The van der Waals surface area contributed by atoms with Gasteiger partial charge in [-0.05, 0) is 60.0 Å². The molecule has 0 spiro atoms. The second-order valence-corrected chi connectivity index (χ2v) is 9.01. The van der Waals surface area contributed by atoms with Gasteiger partial charge in [-0.1, -0.05) is 12.1 Å². The minimum atomic E-state index is -0.172. The van der Waals surface area contributed by atoms with Gasteiger partial charge in [0.25, 0.3) is 11.1 Å². The van der Waals surface area contributed by atoms with Crippen LogP contribution in [0.2, 0.25) is 0 Å². The number of imide groups is 1. The van der Waals surface area contributed by atoms with Crippen molar-refractivity contribution in [3.8, 4) is 0 Å². The number of aromatic nitrogens is 2. The largest absolute Gasteiger partial charge is 0.294 e. The number of unbranched alkanes of at least 4 members (excludes halogenated alkanes) is 1. The summed E-state index contributed by atoms with van der Waals surface area (Å²) < 4.78 is 2.07.